The van der Waals surface area contributed by atoms with Crippen LogP contribution in [0.4, 0.5) is 0 Å². The summed E-state index contributed by atoms with van der Waals surface area (Å²) in [7, 11) is 0. The zero-order chi connectivity index (χ0) is 19.7. The van der Waals surface area contributed by atoms with Gasteiger partial charge in [0.05, 0.1) is 24.7 Å². The van der Waals surface area contributed by atoms with E-state index in [1.165, 1.54) is 11.6 Å². The molecule has 3 aliphatic rings. The number of fused-ring (bicyclic) bond motifs is 3. The van der Waals surface area contributed by atoms with Crippen LogP contribution in [0.1, 0.15) is 26.2 Å². The predicted molar refractivity (Wildman–Crippen MR) is 98.4 cm³/mol. The average molecular weight is 374 g/mol. The number of carbonyl (C=O) groups excluding carboxylic acids is 2. The SMILES string of the molecule is C=C1CC2CC=C(C)C2C2OC(=O)C(=C)C2[C@H](OC(=O)/C(=C/CO)CO)C1. The first-order chi connectivity index (χ1) is 12.9. The third-order valence-corrected chi connectivity index (χ3v) is 5.86. The van der Waals surface area contributed by atoms with Gasteiger partial charge in [-0.2, -0.15) is 0 Å². The van der Waals surface area contributed by atoms with E-state index in [2.05, 4.69) is 19.2 Å². The Morgan fingerprint density at radius 3 is 2.74 bits per heavy atom. The molecule has 0 aromatic heterocycles. The van der Waals surface area contributed by atoms with E-state index in [-0.39, 0.29) is 18.1 Å². The van der Waals surface area contributed by atoms with Gasteiger partial charge < -0.3 is 19.7 Å². The molecule has 4 unspecified atom stereocenters. The third-order valence-electron chi connectivity index (χ3n) is 5.86. The highest BCUT2D eigenvalue weighted by Gasteiger charge is 2.52. The highest BCUT2D eigenvalue weighted by molar-refractivity contribution is 5.92. The maximum absolute atomic E-state index is 12.4. The third kappa shape index (κ3) is 3.64. The summed E-state index contributed by atoms with van der Waals surface area (Å²) in [5.74, 6) is -1.25. The van der Waals surface area contributed by atoms with Crippen LogP contribution in [-0.4, -0.2) is 47.6 Å². The van der Waals surface area contributed by atoms with Crippen LogP contribution in [-0.2, 0) is 19.1 Å². The standard InChI is InChI=1S/C21H26O6/c1-11-8-14-5-4-12(2)17(14)19-18(13(3)20(24)27-19)16(9-11)26-21(25)15(10-23)6-7-22/h4,6,14,16-19,22-23H,1,3,5,7-10H2,2H3/b15-6+/t14?,16-,17?,18?,19?/m1/s1. The van der Waals surface area contributed by atoms with Gasteiger partial charge in [-0.05, 0) is 31.8 Å². The van der Waals surface area contributed by atoms with Gasteiger partial charge in [-0.1, -0.05) is 30.4 Å². The molecule has 2 N–H and O–H groups in total. The molecule has 146 valence electrons. The number of hydrogen-bond donors (Lipinski definition) is 2. The molecule has 6 nitrogen and oxygen atoms in total. The lowest BCUT2D eigenvalue weighted by Gasteiger charge is -2.37. The van der Waals surface area contributed by atoms with Gasteiger partial charge in [-0.25, -0.2) is 9.59 Å². The van der Waals surface area contributed by atoms with Crippen molar-refractivity contribution in [2.75, 3.05) is 13.2 Å². The lowest BCUT2D eigenvalue weighted by atomic mass is 9.72. The van der Waals surface area contributed by atoms with E-state index in [9.17, 15) is 14.7 Å². The molecule has 1 saturated heterocycles. The molecule has 0 aromatic carbocycles. The maximum atomic E-state index is 12.4. The van der Waals surface area contributed by atoms with Crippen molar-refractivity contribution in [1.82, 2.24) is 0 Å². The average Bonchev–Trinajstić information content (AvgIpc) is 3.10. The number of carbonyl (C=O) groups is 2. The molecule has 0 bridgehead atoms. The lowest BCUT2D eigenvalue weighted by molar-refractivity contribution is -0.150. The van der Waals surface area contributed by atoms with E-state index in [1.54, 1.807) is 0 Å². The Hall–Kier alpha value is -2.18. The van der Waals surface area contributed by atoms with Crippen LogP contribution < -0.4 is 0 Å². The molecule has 5 atom stereocenters. The predicted octanol–water partition coefficient (Wildman–Crippen LogP) is 1.84. The largest absolute Gasteiger partial charge is 0.458 e. The second-order valence-corrected chi connectivity index (χ2v) is 7.56. The summed E-state index contributed by atoms with van der Waals surface area (Å²) in [6.07, 6.45) is 4.41. The Labute approximate surface area is 158 Å². The minimum Gasteiger partial charge on any atom is -0.458 e. The summed E-state index contributed by atoms with van der Waals surface area (Å²) < 4.78 is 11.3. The Bertz CT molecular complexity index is 731. The summed E-state index contributed by atoms with van der Waals surface area (Å²) >= 11 is 0. The van der Waals surface area contributed by atoms with E-state index < -0.39 is 36.7 Å². The number of aliphatic hydroxyl groups is 2. The summed E-state index contributed by atoms with van der Waals surface area (Å²) in [4.78, 5) is 24.7. The topological polar surface area (TPSA) is 93.1 Å². The van der Waals surface area contributed by atoms with Gasteiger partial charge in [0.1, 0.15) is 12.2 Å². The second kappa shape index (κ2) is 7.82. The highest BCUT2D eigenvalue weighted by atomic mass is 16.6. The minimum atomic E-state index is -0.717. The van der Waals surface area contributed by atoms with Gasteiger partial charge in [-0.3, -0.25) is 0 Å². The van der Waals surface area contributed by atoms with Crippen molar-refractivity contribution in [2.24, 2.45) is 17.8 Å². The molecule has 1 aliphatic heterocycles. The summed E-state index contributed by atoms with van der Waals surface area (Å²) in [5.41, 5.74) is 2.41. The first kappa shape index (κ1) is 19.6. The van der Waals surface area contributed by atoms with Crippen molar-refractivity contribution in [2.45, 2.75) is 38.4 Å². The van der Waals surface area contributed by atoms with E-state index >= 15 is 0 Å². The Morgan fingerprint density at radius 1 is 1.33 bits per heavy atom. The molecule has 2 fully saturated rings. The lowest BCUT2D eigenvalue weighted by Crippen LogP contribution is -2.41. The first-order valence-corrected chi connectivity index (χ1v) is 9.22. The van der Waals surface area contributed by atoms with Crippen LogP contribution in [0.25, 0.3) is 0 Å². The van der Waals surface area contributed by atoms with Gasteiger partial charge >= 0.3 is 11.9 Å². The Morgan fingerprint density at radius 2 is 2.07 bits per heavy atom. The fourth-order valence-electron chi connectivity index (χ4n) is 4.59. The Kier molecular flexibility index (Phi) is 5.67. The second-order valence-electron chi connectivity index (χ2n) is 7.56. The molecule has 2 aliphatic carbocycles. The van der Waals surface area contributed by atoms with Crippen LogP contribution in [0.3, 0.4) is 0 Å². The van der Waals surface area contributed by atoms with Gasteiger partial charge in [-0.15, -0.1) is 0 Å². The number of hydrogen-bond acceptors (Lipinski definition) is 6. The normalized spacial score (nSPS) is 33.6. The maximum Gasteiger partial charge on any atom is 0.336 e. The fourth-order valence-corrected chi connectivity index (χ4v) is 4.59. The summed E-state index contributed by atoms with van der Waals surface area (Å²) in [6, 6.07) is 0. The molecule has 6 heteroatoms. The molecule has 0 aromatic rings. The zero-order valence-electron chi connectivity index (χ0n) is 15.5. The molecule has 3 rings (SSSR count). The zero-order valence-corrected chi connectivity index (χ0v) is 15.5. The summed E-state index contributed by atoms with van der Waals surface area (Å²) in [6.45, 7) is 9.16. The van der Waals surface area contributed by atoms with Gasteiger partial charge in [0.25, 0.3) is 0 Å². The number of rotatable bonds is 4. The molecule has 1 heterocycles. The summed E-state index contributed by atoms with van der Waals surface area (Å²) in [5, 5.41) is 18.4. The molecule has 0 radical (unpaired) electrons. The molecular formula is C21H26O6. The van der Waals surface area contributed by atoms with E-state index in [0.29, 0.717) is 17.9 Å². The van der Waals surface area contributed by atoms with Gasteiger partial charge in [0.2, 0.25) is 0 Å². The van der Waals surface area contributed by atoms with Crippen LogP contribution in [0, 0.1) is 17.8 Å². The molecule has 27 heavy (non-hydrogen) atoms. The number of aliphatic hydroxyl groups excluding tert-OH is 2. The van der Waals surface area contributed by atoms with E-state index in [1.807, 2.05) is 6.92 Å². The first-order valence-electron chi connectivity index (χ1n) is 9.22. The number of allylic oxidation sites excluding steroid dienone is 1. The monoisotopic (exact) mass is 374 g/mol. The number of ether oxygens (including phenoxy) is 2. The Balaban J connectivity index is 1.93. The molecule has 0 amide bonds. The minimum absolute atomic E-state index is 0.0209. The van der Waals surface area contributed by atoms with Crippen molar-refractivity contribution in [3.8, 4) is 0 Å². The molecule has 1 saturated carbocycles. The van der Waals surface area contributed by atoms with Crippen LogP contribution in [0.15, 0.2) is 47.6 Å². The van der Waals surface area contributed by atoms with Gasteiger partial charge in [0.15, 0.2) is 0 Å². The van der Waals surface area contributed by atoms with Crippen molar-refractivity contribution in [3.63, 3.8) is 0 Å². The molecule has 0 spiro atoms. The van der Waals surface area contributed by atoms with Crippen LogP contribution in [0.5, 0.6) is 0 Å². The molecular weight excluding hydrogens is 348 g/mol. The van der Waals surface area contributed by atoms with E-state index in [0.717, 1.165) is 18.4 Å². The van der Waals surface area contributed by atoms with Crippen molar-refractivity contribution >= 4 is 11.9 Å². The number of esters is 2. The highest BCUT2D eigenvalue weighted by Crippen LogP contribution is 2.49. The fraction of sp³-hybridized carbons (Fsp3) is 0.524. The van der Waals surface area contributed by atoms with Crippen molar-refractivity contribution < 1.29 is 29.3 Å². The smallest absolute Gasteiger partial charge is 0.336 e. The van der Waals surface area contributed by atoms with Crippen molar-refractivity contribution in [3.05, 3.63) is 47.6 Å². The van der Waals surface area contributed by atoms with Crippen LogP contribution >= 0.6 is 0 Å². The van der Waals surface area contributed by atoms with E-state index in [4.69, 9.17) is 14.6 Å². The van der Waals surface area contributed by atoms with Crippen molar-refractivity contribution in [1.29, 1.82) is 0 Å². The van der Waals surface area contributed by atoms with Crippen LogP contribution in [0.2, 0.25) is 0 Å². The van der Waals surface area contributed by atoms with Gasteiger partial charge in [0, 0.05) is 17.9 Å². The quantitative estimate of drug-likeness (QED) is 0.443.